The first-order valence-corrected chi connectivity index (χ1v) is 10.8. The number of ether oxygens (including phenoxy) is 2. The van der Waals surface area contributed by atoms with Gasteiger partial charge in [-0.15, -0.1) is 0 Å². The molecule has 0 bridgehead atoms. The minimum absolute atomic E-state index is 0.0137. The Labute approximate surface area is 131 Å². The van der Waals surface area contributed by atoms with Gasteiger partial charge in [0, 0.05) is 12.5 Å². The van der Waals surface area contributed by atoms with Gasteiger partial charge in [-0.1, -0.05) is 27.7 Å². The van der Waals surface area contributed by atoms with Crippen LogP contribution < -0.4 is 0 Å². The molecule has 1 fully saturated rings. The zero-order chi connectivity index (χ0) is 16.7. The Morgan fingerprint density at radius 2 is 1.76 bits per heavy atom. The average molecular weight is 319 g/mol. The largest absolute Gasteiger partial charge is 0.414 e. The molecule has 21 heavy (non-hydrogen) atoms. The standard InChI is InChI=1S/C16H34O4Si/c1-12(10-17)13-16(7,20-15(5,6)19-13)11-18-21(8,9)14(2,3)4/h12-13,17H,10-11H2,1-9H3. The summed E-state index contributed by atoms with van der Waals surface area (Å²) in [5.74, 6) is -0.626. The van der Waals surface area contributed by atoms with Crippen molar-refractivity contribution in [2.45, 2.75) is 84.1 Å². The van der Waals surface area contributed by atoms with Gasteiger partial charge in [0.1, 0.15) is 5.60 Å². The van der Waals surface area contributed by atoms with Gasteiger partial charge in [0.2, 0.25) is 0 Å². The molecule has 126 valence electrons. The molecule has 0 aromatic carbocycles. The van der Waals surface area contributed by atoms with Gasteiger partial charge in [-0.2, -0.15) is 0 Å². The van der Waals surface area contributed by atoms with Crippen molar-refractivity contribution >= 4 is 8.32 Å². The van der Waals surface area contributed by atoms with Crippen molar-refractivity contribution < 1.29 is 19.0 Å². The number of aliphatic hydroxyl groups excluding tert-OH is 1. The quantitative estimate of drug-likeness (QED) is 0.788. The van der Waals surface area contributed by atoms with Crippen molar-refractivity contribution in [3.05, 3.63) is 0 Å². The van der Waals surface area contributed by atoms with E-state index in [1.54, 1.807) is 0 Å². The summed E-state index contributed by atoms with van der Waals surface area (Å²) in [6, 6.07) is 0. The zero-order valence-corrected chi connectivity index (χ0v) is 16.2. The molecule has 1 heterocycles. The molecule has 0 aromatic rings. The summed E-state index contributed by atoms with van der Waals surface area (Å²) in [4.78, 5) is 0. The number of aliphatic hydroxyl groups is 1. The van der Waals surface area contributed by atoms with Gasteiger partial charge in [0.05, 0.1) is 12.7 Å². The fourth-order valence-electron chi connectivity index (χ4n) is 2.54. The van der Waals surface area contributed by atoms with Gasteiger partial charge in [0.15, 0.2) is 14.1 Å². The van der Waals surface area contributed by atoms with Gasteiger partial charge >= 0.3 is 0 Å². The highest BCUT2D eigenvalue weighted by Crippen LogP contribution is 2.42. The molecule has 0 aliphatic carbocycles. The van der Waals surface area contributed by atoms with Crippen LogP contribution in [-0.4, -0.2) is 44.1 Å². The Kier molecular flexibility index (Phi) is 5.39. The van der Waals surface area contributed by atoms with Crippen LogP contribution in [0, 0.1) is 5.92 Å². The first kappa shape index (κ1) is 19.1. The van der Waals surface area contributed by atoms with Gasteiger partial charge in [-0.25, -0.2) is 0 Å². The van der Waals surface area contributed by atoms with Gasteiger partial charge < -0.3 is 19.0 Å². The van der Waals surface area contributed by atoms with Crippen molar-refractivity contribution in [1.82, 2.24) is 0 Å². The lowest BCUT2D eigenvalue weighted by Crippen LogP contribution is -2.50. The topological polar surface area (TPSA) is 47.9 Å². The Morgan fingerprint density at radius 1 is 1.24 bits per heavy atom. The SMILES string of the molecule is CC(CO)C1OC(C)(C)OC1(C)CO[Si](C)(C)C(C)(C)C. The molecule has 0 radical (unpaired) electrons. The normalized spacial score (nSPS) is 31.4. The van der Waals surface area contributed by atoms with E-state index in [0.717, 1.165) is 0 Å². The van der Waals surface area contributed by atoms with Crippen LogP contribution in [0.15, 0.2) is 0 Å². The third-order valence-electron chi connectivity index (χ3n) is 4.82. The maximum absolute atomic E-state index is 9.49. The third-order valence-corrected chi connectivity index (χ3v) is 9.30. The average Bonchev–Trinajstić information content (AvgIpc) is 2.55. The number of hydrogen-bond donors (Lipinski definition) is 1. The second kappa shape index (κ2) is 5.93. The second-order valence-electron chi connectivity index (χ2n) is 8.56. The lowest BCUT2D eigenvalue weighted by atomic mass is 9.91. The molecule has 1 saturated heterocycles. The molecule has 1 rings (SSSR count). The van der Waals surface area contributed by atoms with Crippen LogP contribution in [0.4, 0.5) is 0 Å². The Bertz CT molecular complexity index is 362. The number of rotatable bonds is 5. The van der Waals surface area contributed by atoms with Crippen LogP contribution in [0.25, 0.3) is 0 Å². The molecule has 1 N–H and O–H groups in total. The van der Waals surface area contributed by atoms with Crippen molar-refractivity contribution in [2.24, 2.45) is 5.92 Å². The van der Waals surface area contributed by atoms with E-state index in [-0.39, 0.29) is 23.7 Å². The summed E-state index contributed by atoms with van der Waals surface area (Å²) in [6.45, 7) is 19.6. The highest BCUT2D eigenvalue weighted by Gasteiger charge is 2.53. The minimum atomic E-state index is -1.84. The van der Waals surface area contributed by atoms with Gasteiger partial charge in [0.25, 0.3) is 0 Å². The molecule has 5 heteroatoms. The van der Waals surface area contributed by atoms with Crippen LogP contribution in [0.2, 0.25) is 18.1 Å². The molecule has 3 atom stereocenters. The van der Waals surface area contributed by atoms with Crippen molar-refractivity contribution in [1.29, 1.82) is 0 Å². The van der Waals surface area contributed by atoms with Crippen molar-refractivity contribution in [3.8, 4) is 0 Å². The van der Waals surface area contributed by atoms with Gasteiger partial charge in [-0.05, 0) is 38.9 Å². The van der Waals surface area contributed by atoms with E-state index < -0.39 is 19.7 Å². The summed E-state index contributed by atoms with van der Waals surface area (Å²) in [7, 11) is -1.84. The Morgan fingerprint density at radius 3 is 2.19 bits per heavy atom. The molecule has 0 aromatic heterocycles. The molecule has 1 aliphatic rings. The second-order valence-corrected chi connectivity index (χ2v) is 13.4. The van der Waals surface area contributed by atoms with E-state index in [9.17, 15) is 5.11 Å². The van der Waals surface area contributed by atoms with E-state index in [2.05, 4.69) is 33.9 Å². The van der Waals surface area contributed by atoms with E-state index >= 15 is 0 Å². The molecular weight excluding hydrogens is 284 g/mol. The van der Waals surface area contributed by atoms with Crippen LogP contribution in [0.5, 0.6) is 0 Å². The molecule has 0 saturated carbocycles. The predicted molar refractivity (Wildman–Crippen MR) is 87.8 cm³/mol. The molecule has 3 unspecified atom stereocenters. The fraction of sp³-hybridized carbons (Fsp3) is 1.00. The van der Waals surface area contributed by atoms with Crippen LogP contribution in [0.1, 0.15) is 48.5 Å². The molecule has 0 spiro atoms. The molecule has 0 amide bonds. The highest BCUT2D eigenvalue weighted by atomic mass is 28.4. The maximum atomic E-state index is 9.49. The third kappa shape index (κ3) is 4.29. The van der Waals surface area contributed by atoms with E-state index in [4.69, 9.17) is 13.9 Å². The summed E-state index contributed by atoms with van der Waals surface area (Å²) < 4.78 is 18.5. The Hall–Kier alpha value is 0.0569. The fourth-order valence-corrected chi connectivity index (χ4v) is 3.62. The first-order chi connectivity index (χ1) is 9.24. The summed E-state index contributed by atoms with van der Waals surface area (Å²) in [5.41, 5.74) is -0.527. The minimum Gasteiger partial charge on any atom is -0.414 e. The summed E-state index contributed by atoms with van der Waals surface area (Å²) >= 11 is 0. The maximum Gasteiger partial charge on any atom is 0.192 e. The molecule has 1 aliphatic heterocycles. The van der Waals surface area contributed by atoms with Gasteiger partial charge in [-0.3, -0.25) is 0 Å². The van der Waals surface area contributed by atoms with Crippen LogP contribution >= 0.6 is 0 Å². The lowest BCUT2D eigenvalue weighted by Gasteiger charge is -2.40. The van der Waals surface area contributed by atoms with E-state index in [1.165, 1.54) is 0 Å². The predicted octanol–water partition coefficient (Wildman–Crippen LogP) is 3.55. The van der Waals surface area contributed by atoms with E-state index in [1.807, 2.05) is 27.7 Å². The van der Waals surface area contributed by atoms with E-state index in [0.29, 0.717) is 6.61 Å². The van der Waals surface area contributed by atoms with Crippen molar-refractivity contribution in [3.63, 3.8) is 0 Å². The first-order valence-electron chi connectivity index (χ1n) is 7.87. The zero-order valence-electron chi connectivity index (χ0n) is 15.2. The smallest absolute Gasteiger partial charge is 0.192 e. The summed E-state index contributed by atoms with van der Waals surface area (Å²) in [6.07, 6.45) is -0.165. The molecular formula is C16H34O4Si. The van der Waals surface area contributed by atoms with Crippen LogP contribution in [-0.2, 0) is 13.9 Å². The molecule has 4 nitrogen and oxygen atoms in total. The van der Waals surface area contributed by atoms with Crippen molar-refractivity contribution in [2.75, 3.05) is 13.2 Å². The van der Waals surface area contributed by atoms with Crippen LogP contribution in [0.3, 0.4) is 0 Å². The Balaban J connectivity index is 2.88. The monoisotopic (exact) mass is 318 g/mol. The summed E-state index contributed by atoms with van der Waals surface area (Å²) in [5, 5.41) is 9.65. The number of hydrogen-bond acceptors (Lipinski definition) is 4. The lowest BCUT2D eigenvalue weighted by molar-refractivity contribution is -0.166. The highest BCUT2D eigenvalue weighted by molar-refractivity contribution is 6.74.